The van der Waals surface area contributed by atoms with E-state index in [-0.39, 0.29) is 10.5 Å². The van der Waals surface area contributed by atoms with E-state index in [4.69, 9.17) is 0 Å². The summed E-state index contributed by atoms with van der Waals surface area (Å²) in [5, 5.41) is -0.313. The molecule has 2 atom stereocenters. The first kappa shape index (κ1) is 8.05. The molecular formula is C7H13O2S-. The third kappa shape index (κ3) is 1.19. The van der Waals surface area contributed by atoms with Gasteiger partial charge in [0.2, 0.25) is 0 Å². The van der Waals surface area contributed by atoms with Gasteiger partial charge in [-0.05, 0) is 0 Å². The molecule has 0 spiro atoms. The SMILES string of the molecule is CC1C[CH-]CC(C)S1(=O)=O. The first-order chi connectivity index (χ1) is 4.55. The Kier molecular flexibility index (Phi) is 2.04. The average molecular weight is 161 g/mol. The summed E-state index contributed by atoms with van der Waals surface area (Å²) in [6, 6.07) is 0. The van der Waals surface area contributed by atoms with Crippen molar-refractivity contribution in [1.29, 1.82) is 0 Å². The predicted molar refractivity (Wildman–Crippen MR) is 41.4 cm³/mol. The van der Waals surface area contributed by atoms with E-state index in [0.29, 0.717) is 0 Å². The van der Waals surface area contributed by atoms with Crippen molar-refractivity contribution in [2.75, 3.05) is 0 Å². The summed E-state index contributed by atoms with van der Waals surface area (Å²) in [6.07, 6.45) is 3.52. The van der Waals surface area contributed by atoms with E-state index in [0.717, 1.165) is 12.8 Å². The fourth-order valence-corrected chi connectivity index (χ4v) is 2.83. The van der Waals surface area contributed by atoms with Crippen LogP contribution in [0.25, 0.3) is 0 Å². The van der Waals surface area contributed by atoms with Crippen molar-refractivity contribution in [2.45, 2.75) is 37.2 Å². The van der Waals surface area contributed by atoms with Gasteiger partial charge >= 0.3 is 0 Å². The van der Waals surface area contributed by atoms with E-state index in [9.17, 15) is 8.42 Å². The zero-order chi connectivity index (χ0) is 7.78. The predicted octanol–water partition coefficient (Wildman–Crippen LogP) is 1.18. The first-order valence-corrected chi connectivity index (χ1v) is 5.20. The maximum atomic E-state index is 11.3. The van der Waals surface area contributed by atoms with Crippen LogP contribution >= 0.6 is 0 Å². The molecule has 2 nitrogen and oxygen atoms in total. The van der Waals surface area contributed by atoms with Crippen LogP contribution in [0.4, 0.5) is 0 Å². The highest BCUT2D eigenvalue weighted by atomic mass is 32.2. The Balaban J connectivity index is 2.84. The van der Waals surface area contributed by atoms with Gasteiger partial charge in [0.1, 0.15) is 9.84 Å². The van der Waals surface area contributed by atoms with Gasteiger partial charge < -0.3 is 6.42 Å². The molecule has 0 radical (unpaired) electrons. The van der Waals surface area contributed by atoms with Crippen molar-refractivity contribution < 1.29 is 8.42 Å². The zero-order valence-electron chi connectivity index (χ0n) is 6.37. The lowest BCUT2D eigenvalue weighted by Gasteiger charge is -2.30. The minimum Gasteiger partial charge on any atom is -0.326 e. The van der Waals surface area contributed by atoms with E-state index >= 15 is 0 Å². The largest absolute Gasteiger partial charge is 0.326 e. The average Bonchev–Trinajstić information content (AvgIpc) is 1.84. The van der Waals surface area contributed by atoms with Crippen molar-refractivity contribution in [3.05, 3.63) is 6.42 Å². The van der Waals surface area contributed by atoms with Crippen LogP contribution in [-0.4, -0.2) is 18.9 Å². The van der Waals surface area contributed by atoms with Gasteiger partial charge in [-0.1, -0.05) is 13.8 Å². The number of rotatable bonds is 0. The van der Waals surface area contributed by atoms with Crippen LogP contribution in [-0.2, 0) is 9.84 Å². The van der Waals surface area contributed by atoms with E-state index in [2.05, 4.69) is 6.42 Å². The second-order valence-electron chi connectivity index (χ2n) is 2.97. The van der Waals surface area contributed by atoms with E-state index in [1.165, 1.54) is 0 Å². The molecule has 0 saturated carbocycles. The molecule has 3 heteroatoms. The van der Waals surface area contributed by atoms with E-state index in [1.807, 2.05) is 0 Å². The van der Waals surface area contributed by atoms with Crippen LogP contribution in [0.15, 0.2) is 0 Å². The highest BCUT2D eigenvalue weighted by Gasteiger charge is 2.26. The maximum absolute atomic E-state index is 11.3. The zero-order valence-corrected chi connectivity index (χ0v) is 7.19. The summed E-state index contributed by atoms with van der Waals surface area (Å²) in [5.41, 5.74) is 0. The van der Waals surface area contributed by atoms with Gasteiger partial charge in [0.25, 0.3) is 0 Å². The van der Waals surface area contributed by atoms with Crippen LogP contribution in [0.1, 0.15) is 26.7 Å². The van der Waals surface area contributed by atoms with Crippen LogP contribution in [0.3, 0.4) is 0 Å². The molecule has 0 N–H and O–H groups in total. The first-order valence-electron chi connectivity index (χ1n) is 3.59. The summed E-state index contributed by atoms with van der Waals surface area (Å²) in [7, 11) is -2.77. The molecule has 60 valence electrons. The molecule has 1 heterocycles. The molecule has 10 heavy (non-hydrogen) atoms. The third-order valence-electron chi connectivity index (χ3n) is 2.12. The Hall–Kier alpha value is -0.0500. The topological polar surface area (TPSA) is 34.1 Å². The van der Waals surface area contributed by atoms with Gasteiger partial charge in [0.05, 0.1) is 0 Å². The molecule has 0 bridgehead atoms. The second kappa shape index (κ2) is 2.53. The molecule has 1 fully saturated rings. The van der Waals surface area contributed by atoms with Crippen LogP contribution in [0, 0.1) is 6.42 Å². The van der Waals surface area contributed by atoms with Gasteiger partial charge in [0, 0.05) is 10.5 Å². The minimum atomic E-state index is -2.77. The van der Waals surface area contributed by atoms with Crippen LogP contribution < -0.4 is 0 Å². The van der Waals surface area contributed by atoms with Crippen molar-refractivity contribution in [1.82, 2.24) is 0 Å². The van der Waals surface area contributed by atoms with Gasteiger partial charge in [-0.25, -0.2) is 8.42 Å². The molecule has 1 rings (SSSR count). The number of hydrogen-bond acceptors (Lipinski definition) is 2. The Bertz CT molecular complexity index is 190. The summed E-state index contributed by atoms with van der Waals surface area (Å²) in [4.78, 5) is 0. The highest BCUT2D eigenvalue weighted by molar-refractivity contribution is 7.92. The number of sulfone groups is 1. The molecule has 1 saturated heterocycles. The molecular weight excluding hydrogens is 148 g/mol. The van der Waals surface area contributed by atoms with Crippen LogP contribution in [0.2, 0.25) is 0 Å². The van der Waals surface area contributed by atoms with Gasteiger partial charge in [-0.2, -0.15) is 12.8 Å². The lowest BCUT2D eigenvalue weighted by Crippen LogP contribution is -2.32. The van der Waals surface area contributed by atoms with Gasteiger partial charge in [0.15, 0.2) is 0 Å². The molecule has 0 aromatic heterocycles. The highest BCUT2D eigenvalue weighted by Crippen LogP contribution is 2.23. The summed E-state index contributed by atoms with van der Waals surface area (Å²) in [5.74, 6) is 0. The Morgan fingerprint density at radius 2 is 1.60 bits per heavy atom. The van der Waals surface area contributed by atoms with Gasteiger partial charge in [-0.15, -0.1) is 0 Å². The monoisotopic (exact) mass is 161 g/mol. The lowest BCUT2D eigenvalue weighted by atomic mass is 10.1. The fourth-order valence-electron chi connectivity index (χ4n) is 1.23. The Morgan fingerprint density at radius 3 is 1.90 bits per heavy atom. The maximum Gasteiger partial charge on any atom is 0.150 e. The molecule has 0 amide bonds. The third-order valence-corrected chi connectivity index (χ3v) is 4.75. The molecule has 0 aromatic rings. The standard InChI is InChI=1S/C7H13O2S/c1-6-4-3-5-7(2)10(6,8)9/h3,6-7H,4-5H2,1-2H3/q-1. The quantitative estimate of drug-likeness (QED) is 0.500. The van der Waals surface area contributed by atoms with Crippen molar-refractivity contribution in [3.63, 3.8) is 0 Å². The molecule has 0 aliphatic carbocycles. The summed E-state index contributed by atoms with van der Waals surface area (Å²) in [6.45, 7) is 3.56. The van der Waals surface area contributed by atoms with Crippen LogP contribution in [0.5, 0.6) is 0 Å². The lowest BCUT2D eigenvalue weighted by molar-refractivity contribution is 0.553. The van der Waals surface area contributed by atoms with E-state index in [1.54, 1.807) is 13.8 Å². The van der Waals surface area contributed by atoms with Crippen molar-refractivity contribution >= 4 is 9.84 Å². The fraction of sp³-hybridized carbons (Fsp3) is 0.857. The Morgan fingerprint density at radius 1 is 1.20 bits per heavy atom. The van der Waals surface area contributed by atoms with E-state index < -0.39 is 9.84 Å². The minimum absolute atomic E-state index is 0.156. The normalized spacial score (nSPS) is 39.4. The summed E-state index contributed by atoms with van der Waals surface area (Å²) < 4.78 is 22.6. The number of hydrogen-bond donors (Lipinski definition) is 0. The smallest absolute Gasteiger partial charge is 0.150 e. The van der Waals surface area contributed by atoms with Crippen molar-refractivity contribution in [2.24, 2.45) is 0 Å². The Labute approximate surface area is 62.5 Å². The molecule has 1 aliphatic rings. The molecule has 0 aromatic carbocycles. The molecule has 1 aliphatic heterocycles. The van der Waals surface area contributed by atoms with Crippen molar-refractivity contribution in [3.8, 4) is 0 Å². The second-order valence-corrected chi connectivity index (χ2v) is 5.76. The summed E-state index contributed by atoms with van der Waals surface area (Å²) >= 11 is 0. The molecule has 2 unspecified atom stereocenters. The van der Waals surface area contributed by atoms with Gasteiger partial charge in [-0.3, -0.25) is 0 Å².